The van der Waals surface area contributed by atoms with E-state index in [2.05, 4.69) is 15.5 Å². The quantitative estimate of drug-likeness (QED) is 0.479. The molecule has 0 saturated carbocycles. The van der Waals surface area contributed by atoms with Gasteiger partial charge in [-0.25, -0.2) is 0 Å². The predicted octanol–water partition coefficient (Wildman–Crippen LogP) is 0.471. The molecule has 1 aliphatic rings. The summed E-state index contributed by atoms with van der Waals surface area (Å²) in [6.07, 6.45) is 0.762. The molecule has 2 rings (SSSR count). The van der Waals surface area contributed by atoms with E-state index in [9.17, 15) is 14.4 Å². The van der Waals surface area contributed by atoms with E-state index in [1.165, 1.54) is 0 Å². The first-order valence-electron chi connectivity index (χ1n) is 11.1. The average molecular weight is 448 g/mol. The number of rotatable bonds is 11. The summed E-state index contributed by atoms with van der Waals surface area (Å²) < 4.78 is 4.95. The average Bonchev–Trinajstić information content (AvgIpc) is 2.74. The molecule has 2 N–H and O–H groups in total. The summed E-state index contributed by atoms with van der Waals surface area (Å²) >= 11 is 0. The van der Waals surface area contributed by atoms with Crippen LogP contribution in [0.3, 0.4) is 0 Å². The van der Waals surface area contributed by atoms with Crippen LogP contribution in [0.25, 0.3) is 0 Å². The van der Waals surface area contributed by atoms with Crippen molar-refractivity contribution in [1.82, 2.24) is 20.0 Å². The van der Waals surface area contributed by atoms with E-state index in [1.54, 1.807) is 24.0 Å². The first kappa shape index (κ1) is 25.8. The van der Waals surface area contributed by atoms with Gasteiger partial charge in [0.25, 0.3) is 0 Å². The molecule has 9 heteroatoms. The maximum Gasteiger partial charge on any atom is 0.238 e. The zero-order chi connectivity index (χ0) is 23.5. The number of amides is 3. The van der Waals surface area contributed by atoms with Gasteiger partial charge in [-0.3, -0.25) is 24.2 Å². The van der Waals surface area contributed by atoms with Gasteiger partial charge in [0, 0.05) is 52.1 Å². The molecule has 0 bridgehead atoms. The van der Waals surface area contributed by atoms with Crippen LogP contribution < -0.4 is 10.6 Å². The molecule has 0 spiro atoms. The highest BCUT2D eigenvalue weighted by molar-refractivity contribution is 5.93. The number of hydrogen-bond donors (Lipinski definition) is 2. The molecular formula is C23H37N5O4. The number of methoxy groups -OCH3 is 1. The van der Waals surface area contributed by atoms with Gasteiger partial charge in [-0.1, -0.05) is 18.2 Å². The number of para-hydroxylation sites is 1. The number of hydrogen-bond acceptors (Lipinski definition) is 6. The maximum absolute atomic E-state index is 12.6. The Labute approximate surface area is 191 Å². The Hall–Kier alpha value is -2.49. The number of piperazine rings is 1. The smallest absolute Gasteiger partial charge is 0.238 e. The second-order valence-electron chi connectivity index (χ2n) is 8.34. The van der Waals surface area contributed by atoms with Crippen molar-refractivity contribution >= 4 is 23.4 Å². The minimum atomic E-state index is -0.101. The number of ether oxygens (including phenoxy) is 1. The van der Waals surface area contributed by atoms with Crippen molar-refractivity contribution in [3.8, 4) is 0 Å². The van der Waals surface area contributed by atoms with E-state index < -0.39 is 0 Å². The first-order chi connectivity index (χ1) is 15.3. The van der Waals surface area contributed by atoms with Gasteiger partial charge in [0.05, 0.1) is 19.6 Å². The Balaban J connectivity index is 1.68. The number of carbonyl (C=O) groups is 3. The van der Waals surface area contributed by atoms with Crippen molar-refractivity contribution in [2.24, 2.45) is 0 Å². The fourth-order valence-electron chi connectivity index (χ4n) is 3.68. The Morgan fingerprint density at radius 3 is 2.31 bits per heavy atom. The third kappa shape index (κ3) is 8.57. The Morgan fingerprint density at radius 1 is 1.03 bits per heavy atom. The number of aryl methyl sites for hydroxylation is 2. The summed E-state index contributed by atoms with van der Waals surface area (Å²) in [6.45, 7) is 8.25. The Kier molecular flexibility index (Phi) is 10.6. The highest BCUT2D eigenvalue weighted by atomic mass is 16.5. The minimum absolute atomic E-state index is 0.000630. The number of benzene rings is 1. The lowest BCUT2D eigenvalue weighted by atomic mass is 10.1. The highest BCUT2D eigenvalue weighted by Crippen LogP contribution is 2.19. The number of anilines is 1. The van der Waals surface area contributed by atoms with E-state index in [1.807, 2.05) is 32.0 Å². The molecular weight excluding hydrogens is 410 g/mol. The first-order valence-corrected chi connectivity index (χ1v) is 11.1. The molecule has 9 nitrogen and oxygen atoms in total. The molecule has 32 heavy (non-hydrogen) atoms. The molecule has 1 saturated heterocycles. The standard InChI is InChI=1S/C23H37N5O4/c1-18-7-5-8-19(2)23(18)25-21(30)16-27-10-12-28(13-11-27)22(31)17-26(3)15-20(29)24-9-6-14-32-4/h5,7-8H,6,9-17H2,1-4H3,(H,24,29)(H,25,30). The number of nitrogens with one attached hydrogen (secondary N) is 2. The van der Waals surface area contributed by atoms with Crippen LogP contribution in [-0.4, -0.2) is 106 Å². The van der Waals surface area contributed by atoms with Gasteiger partial charge in [-0.2, -0.15) is 0 Å². The van der Waals surface area contributed by atoms with Crippen molar-refractivity contribution in [3.63, 3.8) is 0 Å². The highest BCUT2D eigenvalue weighted by Gasteiger charge is 2.23. The lowest BCUT2D eigenvalue weighted by molar-refractivity contribution is -0.134. The van der Waals surface area contributed by atoms with Crippen LogP contribution in [-0.2, 0) is 19.1 Å². The van der Waals surface area contributed by atoms with Gasteiger partial charge in [-0.05, 0) is 38.4 Å². The lowest BCUT2D eigenvalue weighted by Crippen LogP contribution is -2.52. The van der Waals surface area contributed by atoms with E-state index in [0.717, 1.165) is 23.2 Å². The zero-order valence-electron chi connectivity index (χ0n) is 19.8. The fourth-order valence-corrected chi connectivity index (χ4v) is 3.68. The van der Waals surface area contributed by atoms with Gasteiger partial charge < -0.3 is 20.3 Å². The number of nitrogens with zero attached hydrogens (tertiary/aromatic N) is 3. The van der Waals surface area contributed by atoms with Crippen LogP contribution in [0.4, 0.5) is 5.69 Å². The summed E-state index contributed by atoms with van der Waals surface area (Å²) in [6, 6.07) is 5.94. The summed E-state index contributed by atoms with van der Waals surface area (Å²) in [5, 5.41) is 5.83. The van der Waals surface area contributed by atoms with Crippen LogP contribution in [0.15, 0.2) is 18.2 Å². The molecule has 1 heterocycles. The van der Waals surface area contributed by atoms with Crippen LogP contribution in [0, 0.1) is 13.8 Å². The summed E-state index contributed by atoms with van der Waals surface area (Å²) in [7, 11) is 3.39. The molecule has 0 unspecified atom stereocenters. The van der Waals surface area contributed by atoms with Crippen molar-refractivity contribution in [2.75, 3.05) is 78.4 Å². The SMILES string of the molecule is COCCCNC(=O)CN(C)CC(=O)N1CCN(CC(=O)Nc2c(C)cccc2C)CC1. The number of carbonyl (C=O) groups excluding carboxylic acids is 3. The maximum atomic E-state index is 12.6. The normalized spacial score (nSPS) is 14.5. The van der Waals surface area contributed by atoms with Crippen molar-refractivity contribution in [2.45, 2.75) is 20.3 Å². The summed E-state index contributed by atoms with van der Waals surface area (Å²) in [5.74, 6) is -0.145. The molecule has 0 aromatic heterocycles. The Morgan fingerprint density at radius 2 is 1.69 bits per heavy atom. The largest absolute Gasteiger partial charge is 0.385 e. The Bertz CT molecular complexity index is 757. The molecule has 0 atom stereocenters. The van der Waals surface area contributed by atoms with Gasteiger partial charge in [0.2, 0.25) is 17.7 Å². The second kappa shape index (κ2) is 13.1. The van der Waals surface area contributed by atoms with E-state index in [0.29, 0.717) is 45.9 Å². The lowest BCUT2D eigenvalue weighted by Gasteiger charge is -2.35. The predicted molar refractivity (Wildman–Crippen MR) is 125 cm³/mol. The van der Waals surface area contributed by atoms with Gasteiger partial charge in [0.15, 0.2) is 0 Å². The minimum Gasteiger partial charge on any atom is -0.385 e. The topological polar surface area (TPSA) is 94.2 Å². The molecule has 1 aromatic carbocycles. The molecule has 0 aliphatic carbocycles. The summed E-state index contributed by atoms with van der Waals surface area (Å²) in [5.41, 5.74) is 2.96. The zero-order valence-corrected chi connectivity index (χ0v) is 19.8. The number of likely N-dealkylation sites (N-methyl/N-ethyl adjacent to an activating group) is 1. The van der Waals surface area contributed by atoms with E-state index >= 15 is 0 Å². The molecule has 1 aromatic rings. The monoisotopic (exact) mass is 447 g/mol. The van der Waals surface area contributed by atoms with Gasteiger partial charge in [0.1, 0.15) is 0 Å². The van der Waals surface area contributed by atoms with Crippen LogP contribution in [0.5, 0.6) is 0 Å². The molecule has 1 fully saturated rings. The molecule has 0 radical (unpaired) electrons. The second-order valence-corrected chi connectivity index (χ2v) is 8.34. The van der Waals surface area contributed by atoms with Crippen molar-refractivity contribution in [3.05, 3.63) is 29.3 Å². The van der Waals surface area contributed by atoms with Gasteiger partial charge >= 0.3 is 0 Å². The van der Waals surface area contributed by atoms with Crippen LogP contribution >= 0.6 is 0 Å². The van der Waals surface area contributed by atoms with Crippen molar-refractivity contribution in [1.29, 1.82) is 0 Å². The third-order valence-corrected chi connectivity index (χ3v) is 5.50. The van der Waals surface area contributed by atoms with Crippen molar-refractivity contribution < 1.29 is 19.1 Å². The van der Waals surface area contributed by atoms with Gasteiger partial charge in [-0.15, -0.1) is 0 Å². The summed E-state index contributed by atoms with van der Waals surface area (Å²) in [4.78, 5) is 42.6. The molecule has 178 valence electrons. The van der Waals surface area contributed by atoms with E-state index in [-0.39, 0.29) is 30.8 Å². The van der Waals surface area contributed by atoms with E-state index in [4.69, 9.17) is 4.74 Å². The molecule has 1 aliphatic heterocycles. The fraction of sp³-hybridized carbons (Fsp3) is 0.609. The molecule has 3 amide bonds. The van der Waals surface area contributed by atoms with Crippen LogP contribution in [0.2, 0.25) is 0 Å². The third-order valence-electron chi connectivity index (χ3n) is 5.50. The van der Waals surface area contributed by atoms with Crippen LogP contribution in [0.1, 0.15) is 17.5 Å².